The molecule has 0 aliphatic carbocycles. The van der Waals surface area contributed by atoms with Gasteiger partial charge in [-0.1, -0.05) is 24.3 Å². The van der Waals surface area contributed by atoms with Gasteiger partial charge in [-0.25, -0.2) is 8.78 Å². The molecule has 27 heavy (non-hydrogen) atoms. The fourth-order valence-corrected chi connectivity index (χ4v) is 3.28. The van der Waals surface area contributed by atoms with Gasteiger partial charge in [0.2, 0.25) is 5.91 Å². The highest BCUT2D eigenvalue weighted by molar-refractivity contribution is 8.18. The van der Waals surface area contributed by atoms with Crippen molar-refractivity contribution < 1.29 is 23.2 Å². The van der Waals surface area contributed by atoms with Crippen molar-refractivity contribution >= 4 is 40.6 Å². The molecular formula is C19H14F2N2O3S. The van der Waals surface area contributed by atoms with Crippen molar-refractivity contribution in [1.29, 1.82) is 0 Å². The van der Waals surface area contributed by atoms with Crippen LogP contribution in [-0.4, -0.2) is 28.5 Å². The van der Waals surface area contributed by atoms with Crippen molar-refractivity contribution in [3.8, 4) is 0 Å². The van der Waals surface area contributed by atoms with E-state index in [0.29, 0.717) is 6.07 Å². The van der Waals surface area contributed by atoms with Crippen LogP contribution in [0.2, 0.25) is 0 Å². The molecule has 2 aromatic carbocycles. The van der Waals surface area contributed by atoms with Gasteiger partial charge in [0.1, 0.15) is 18.2 Å². The summed E-state index contributed by atoms with van der Waals surface area (Å²) in [4.78, 5) is 37.6. The molecule has 138 valence electrons. The maximum Gasteiger partial charge on any atom is 0.294 e. The van der Waals surface area contributed by atoms with Crippen LogP contribution in [0.3, 0.4) is 0 Å². The molecule has 1 aliphatic rings. The highest BCUT2D eigenvalue weighted by Crippen LogP contribution is 2.32. The largest absolute Gasteiger partial charge is 0.322 e. The molecule has 5 nitrogen and oxygen atoms in total. The number of aryl methyl sites for hydroxylation is 1. The number of hydrogen-bond donors (Lipinski definition) is 1. The molecule has 0 aromatic heterocycles. The van der Waals surface area contributed by atoms with Crippen LogP contribution in [0.4, 0.5) is 19.3 Å². The molecule has 0 saturated carbocycles. The van der Waals surface area contributed by atoms with Crippen molar-refractivity contribution in [2.45, 2.75) is 6.92 Å². The van der Waals surface area contributed by atoms with E-state index in [-0.39, 0.29) is 10.6 Å². The number of nitrogens with one attached hydrogen (secondary N) is 1. The highest BCUT2D eigenvalue weighted by Gasteiger charge is 2.36. The summed E-state index contributed by atoms with van der Waals surface area (Å²) in [7, 11) is 0. The van der Waals surface area contributed by atoms with E-state index in [1.807, 2.05) is 31.2 Å². The minimum Gasteiger partial charge on any atom is -0.322 e. The van der Waals surface area contributed by atoms with Gasteiger partial charge in [-0.3, -0.25) is 19.3 Å². The summed E-state index contributed by atoms with van der Waals surface area (Å²) >= 11 is 0.734. The van der Waals surface area contributed by atoms with Gasteiger partial charge in [0.25, 0.3) is 11.1 Å². The third kappa shape index (κ3) is 4.22. The van der Waals surface area contributed by atoms with E-state index in [9.17, 15) is 23.2 Å². The summed E-state index contributed by atoms with van der Waals surface area (Å²) in [6.07, 6.45) is 1.60. The molecule has 3 amide bonds. The Morgan fingerprint density at radius 1 is 1.19 bits per heavy atom. The van der Waals surface area contributed by atoms with Crippen molar-refractivity contribution in [3.63, 3.8) is 0 Å². The molecule has 0 unspecified atom stereocenters. The third-order valence-corrected chi connectivity index (χ3v) is 4.76. The molecular weight excluding hydrogens is 374 g/mol. The quantitative estimate of drug-likeness (QED) is 0.806. The molecule has 1 saturated heterocycles. The Bertz CT molecular complexity index is 975. The van der Waals surface area contributed by atoms with Gasteiger partial charge in [0.05, 0.1) is 10.6 Å². The molecule has 1 heterocycles. The third-order valence-electron chi connectivity index (χ3n) is 3.86. The van der Waals surface area contributed by atoms with Gasteiger partial charge in [0, 0.05) is 6.07 Å². The maximum absolute atomic E-state index is 13.6. The van der Waals surface area contributed by atoms with Crippen molar-refractivity contribution in [2.24, 2.45) is 0 Å². The first-order valence-corrected chi connectivity index (χ1v) is 8.72. The Labute approximate surface area is 158 Å². The molecule has 1 fully saturated rings. The van der Waals surface area contributed by atoms with Crippen LogP contribution in [-0.2, 0) is 9.59 Å². The second-order valence-corrected chi connectivity index (χ2v) is 6.79. The number of amides is 3. The lowest BCUT2D eigenvalue weighted by Gasteiger charge is -2.12. The average Bonchev–Trinajstić information content (AvgIpc) is 2.87. The number of rotatable bonds is 4. The Morgan fingerprint density at radius 2 is 1.93 bits per heavy atom. The van der Waals surface area contributed by atoms with E-state index < -0.39 is 35.2 Å². The number of carbonyl (C=O) groups is 3. The number of thioether (sulfide) groups is 1. The van der Waals surface area contributed by atoms with E-state index in [2.05, 4.69) is 5.32 Å². The minimum absolute atomic E-state index is 0.204. The number of nitrogens with zero attached hydrogens (tertiary/aromatic N) is 1. The number of halogens is 2. The van der Waals surface area contributed by atoms with Gasteiger partial charge >= 0.3 is 0 Å². The standard InChI is InChI=1S/C19H14F2N2O3S/c1-11-4-2-3-5-12(11)8-16-18(25)23(19(26)27-16)10-17(24)22-15-7-6-13(20)9-14(15)21/h2-9H,10H2,1H3,(H,22,24)/b16-8+. The molecule has 3 rings (SSSR count). The first-order valence-electron chi connectivity index (χ1n) is 7.91. The zero-order chi connectivity index (χ0) is 19.6. The highest BCUT2D eigenvalue weighted by atomic mass is 32.2. The molecule has 1 N–H and O–H groups in total. The Balaban J connectivity index is 1.72. The molecule has 0 spiro atoms. The zero-order valence-electron chi connectivity index (χ0n) is 14.2. The zero-order valence-corrected chi connectivity index (χ0v) is 15.0. The summed E-state index contributed by atoms with van der Waals surface area (Å²) < 4.78 is 26.5. The molecule has 2 aromatic rings. The lowest BCUT2D eigenvalue weighted by atomic mass is 10.1. The van der Waals surface area contributed by atoms with Gasteiger partial charge < -0.3 is 5.32 Å². The van der Waals surface area contributed by atoms with Crippen LogP contribution in [0.5, 0.6) is 0 Å². The lowest BCUT2D eigenvalue weighted by molar-refractivity contribution is -0.127. The Hall–Kier alpha value is -3.00. The predicted octanol–water partition coefficient (Wildman–Crippen LogP) is 3.95. The molecule has 8 heteroatoms. The van der Waals surface area contributed by atoms with Crippen molar-refractivity contribution in [3.05, 3.63) is 70.1 Å². The summed E-state index contributed by atoms with van der Waals surface area (Å²) in [5, 5.41) is 1.64. The first-order chi connectivity index (χ1) is 12.8. The second-order valence-electron chi connectivity index (χ2n) is 5.80. The fraction of sp³-hybridized carbons (Fsp3) is 0.105. The second kappa shape index (κ2) is 7.71. The molecule has 0 bridgehead atoms. The number of carbonyl (C=O) groups excluding carboxylic acids is 3. The number of hydrogen-bond acceptors (Lipinski definition) is 4. The van der Waals surface area contributed by atoms with E-state index >= 15 is 0 Å². The smallest absolute Gasteiger partial charge is 0.294 e. The van der Waals surface area contributed by atoms with Crippen molar-refractivity contribution in [2.75, 3.05) is 11.9 Å². The normalized spacial score (nSPS) is 15.5. The number of imide groups is 1. The van der Waals surface area contributed by atoms with E-state index in [1.165, 1.54) is 0 Å². The van der Waals surface area contributed by atoms with Crippen LogP contribution in [0.15, 0.2) is 47.4 Å². The summed E-state index contributed by atoms with van der Waals surface area (Å²) in [6.45, 7) is 1.31. The first kappa shape index (κ1) is 18.8. The minimum atomic E-state index is -0.947. The summed E-state index contributed by atoms with van der Waals surface area (Å²) in [6, 6.07) is 10.0. The van der Waals surface area contributed by atoms with E-state index in [1.54, 1.807) is 6.08 Å². The lowest BCUT2D eigenvalue weighted by Crippen LogP contribution is -2.36. The van der Waals surface area contributed by atoms with Gasteiger partial charge in [-0.05, 0) is 48.0 Å². The van der Waals surface area contributed by atoms with Crippen LogP contribution in [0, 0.1) is 18.6 Å². The van der Waals surface area contributed by atoms with Crippen LogP contribution >= 0.6 is 11.8 Å². The van der Waals surface area contributed by atoms with Crippen LogP contribution in [0.1, 0.15) is 11.1 Å². The Kier molecular flexibility index (Phi) is 5.36. The SMILES string of the molecule is Cc1ccccc1/C=C1/SC(=O)N(CC(=O)Nc2ccc(F)cc2F)C1=O. The molecule has 0 atom stereocenters. The van der Waals surface area contributed by atoms with Crippen LogP contribution < -0.4 is 5.32 Å². The molecule has 0 radical (unpaired) electrons. The van der Waals surface area contributed by atoms with Gasteiger partial charge in [-0.2, -0.15) is 0 Å². The monoisotopic (exact) mass is 388 g/mol. The predicted molar refractivity (Wildman–Crippen MR) is 98.8 cm³/mol. The number of anilines is 1. The van der Waals surface area contributed by atoms with Crippen molar-refractivity contribution in [1.82, 2.24) is 4.90 Å². The van der Waals surface area contributed by atoms with E-state index in [4.69, 9.17) is 0 Å². The number of benzene rings is 2. The van der Waals surface area contributed by atoms with Gasteiger partial charge in [-0.15, -0.1) is 0 Å². The van der Waals surface area contributed by atoms with E-state index in [0.717, 1.165) is 39.9 Å². The van der Waals surface area contributed by atoms with Crippen LogP contribution in [0.25, 0.3) is 6.08 Å². The van der Waals surface area contributed by atoms with Gasteiger partial charge in [0.15, 0.2) is 0 Å². The summed E-state index contributed by atoms with van der Waals surface area (Å²) in [5.41, 5.74) is 1.50. The maximum atomic E-state index is 13.6. The molecule has 1 aliphatic heterocycles. The average molecular weight is 388 g/mol. The summed E-state index contributed by atoms with van der Waals surface area (Å²) in [5.74, 6) is -3.09. The fourth-order valence-electron chi connectivity index (χ4n) is 2.45. The Morgan fingerprint density at radius 3 is 2.63 bits per heavy atom. The topological polar surface area (TPSA) is 66.5 Å².